The molecule has 4 heteroatoms. The van der Waals surface area contributed by atoms with Crippen LogP contribution >= 0.6 is 11.6 Å². The van der Waals surface area contributed by atoms with E-state index in [2.05, 4.69) is 0 Å². The number of benzene rings is 1. The molecule has 2 N–H and O–H groups in total. The minimum Gasteiger partial charge on any atom is -0.398 e. The summed E-state index contributed by atoms with van der Waals surface area (Å²) in [6.07, 6.45) is 0.626. The Morgan fingerprint density at radius 1 is 1.50 bits per heavy atom. The Bertz CT molecular complexity index is 403. The standard InChI is InChI=1S/C10H11ClN2O/c1-6-4-8(12)7(11)5-9(6)13-3-2-10(13)14/h4-5H,2-3,12H2,1H3. The zero-order valence-corrected chi connectivity index (χ0v) is 8.64. The number of hydrogen-bond donors (Lipinski definition) is 1. The monoisotopic (exact) mass is 210 g/mol. The smallest absolute Gasteiger partial charge is 0.228 e. The average Bonchev–Trinajstić information content (AvgIpc) is 2.12. The lowest BCUT2D eigenvalue weighted by Gasteiger charge is -2.32. The molecule has 0 aliphatic carbocycles. The molecule has 14 heavy (non-hydrogen) atoms. The van der Waals surface area contributed by atoms with Crippen LogP contribution in [0.15, 0.2) is 12.1 Å². The highest BCUT2D eigenvalue weighted by atomic mass is 35.5. The lowest BCUT2D eigenvalue weighted by molar-refractivity contribution is -0.122. The number of nitrogens with two attached hydrogens (primary N) is 1. The Morgan fingerprint density at radius 3 is 2.71 bits per heavy atom. The van der Waals surface area contributed by atoms with E-state index < -0.39 is 0 Å². The second-order valence-electron chi connectivity index (χ2n) is 3.46. The third-order valence-corrected chi connectivity index (χ3v) is 2.78. The van der Waals surface area contributed by atoms with Gasteiger partial charge in [-0.25, -0.2) is 0 Å². The van der Waals surface area contributed by atoms with Crippen molar-refractivity contribution < 1.29 is 4.79 Å². The van der Waals surface area contributed by atoms with Gasteiger partial charge in [-0.3, -0.25) is 4.79 Å². The molecular weight excluding hydrogens is 200 g/mol. The Labute approximate surface area is 87.4 Å². The number of nitrogens with zero attached hydrogens (tertiary/aromatic N) is 1. The van der Waals surface area contributed by atoms with E-state index in [4.69, 9.17) is 17.3 Å². The van der Waals surface area contributed by atoms with Gasteiger partial charge in [-0.2, -0.15) is 0 Å². The second-order valence-corrected chi connectivity index (χ2v) is 3.86. The van der Waals surface area contributed by atoms with Gasteiger partial charge in [-0.05, 0) is 24.6 Å². The topological polar surface area (TPSA) is 46.3 Å². The van der Waals surface area contributed by atoms with Crippen molar-refractivity contribution in [3.63, 3.8) is 0 Å². The van der Waals surface area contributed by atoms with Crippen LogP contribution < -0.4 is 10.6 Å². The van der Waals surface area contributed by atoms with E-state index in [1.165, 1.54) is 0 Å². The summed E-state index contributed by atoms with van der Waals surface area (Å²) in [5.41, 5.74) is 8.07. The first-order valence-corrected chi connectivity index (χ1v) is 4.83. The summed E-state index contributed by atoms with van der Waals surface area (Å²) in [6.45, 7) is 2.70. The van der Waals surface area contributed by atoms with Crippen molar-refractivity contribution in [3.8, 4) is 0 Å². The summed E-state index contributed by atoms with van der Waals surface area (Å²) in [7, 11) is 0. The quantitative estimate of drug-likeness (QED) is 0.569. The number of β-lactam (4-membered cyclic amide) rings is 1. The summed E-state index contributed by atoms with van der Waals surface area (Å²) < 4.78 is 0. The van der Waals surface area contributed by atoms with E-state index in [0.29, 0.717) is 17.1 Å². The predicted molar refractivity (Wildman–Crippen MR) is 57.6 cm³/mol. The summed E-state index contributed by atoms with van der Waals surface area (Å²) in [5.74, 6) is 0.147. The van der Waals surface area contributed by atoms with Gasteiger partial charge in [-0.15, -0.1) is 0 Å². The van der Waals surface area contributed by atoms with Gasteiger partial charge in [0.2, 0.25) is 5.91 Å². The lowest BCUT2D eigenvalue weighted by atomic mass is 10.1. The van der Waals surface area contributed by atoms with Crippen LogP contribution in [0.2, 0.25) is 5.02 Å². The van der Waals surface area contributed by atoms with E-state index in [9.17, 15) is 4.79 Å². The fourth-order valence-electron chi connectivity index (χ4n) is 1.55. The number of halogens is 1. The first kappa shape index (κ1) is 9.34. The minimum atomic E-state index is 0.147. The van der Waals surface area contributed by atoms with Crippen molar-refractivity contribution in [2.45, 2.75) is 13.3 Å². The third kappa shape index (κ3) is 1.34. The van der Waals surface area contributed by atoms with Crippen LogP contribution in [-0.4, -0.2) is 12.5 Å². The number of aryl methyl sites for hydroxylation is 1. The molecule has 1 saturated heterocycles. The predicted octanol–water partition coefficient (Wildman–Crippen LogP) is 1.97. The van der Waals surface area contributed by atoms with Gasteiger partial charge in [0.1, 0.15) is 0 Å². The van der Waals surface area contributed by atoms with Crippen molar-refractivity contribution >= 4 is 28.9 Å². The molecule has 3 nitrogen and oxygen atoms in total. The Morgan fingerprint density at radius 2 is 2.21 bits per heavy atom. The molecule has 1 aromatic rings. The summed E-state index contributed by atoms with van der Waals surface area (Å²) in [6, 6.07) is 3.55. The molecule has 1 aromatic carbocycles. The molecule has 1 amide bonds. The molecule has 2 rings (SSSR count). The second kappa shape index (κ2) is 3.17. The number of carbonyl (C=O) groups is 1. The van der Waals surface area contributed by atoms with Gasteiger partial charge in [0, 0.05) is 18.7 Å². The maximum Gasteiger partial charge on any atom is 0.228 e. The van der Waals surface area contributed by atoms with Crippen LogP contribution in [0.25, 0.3) is 0 Å². The van der Waals surface area contributed by atoms with Crippen molar-refractivity contribution in [2.24, 2.45) is 0 Å². The first-order chi connectivity index (χ1) is 6.59. The Hall–Kier alpha value is -1.22. The largest absolute Gasteiger partial charge is 0.398 e. The highest BCUT2D eigenvalue weighted by Crippen LogP contribution is 2.32. The third-order valence-electron chi connectivity index (χ3n) is 2.46. The number of carbonyl (C=O) groups excluding carboxylic acids is 1. The van der Waals surface area contributed by atoms with Crippen molar-refractivity contribution in [1.29, 1.82) is 0 Å². The van der Waals surface area contributed by atoms with Crippen LogP contribution in [0.1, 0.15) is 12.0 Å². The van der Waals surface area contributed by atoms with E-state index in [0.717, 1.165) is 17.8 Å². The minimum absolute atomic E-state index is 0.147. The number of rotatable bonds is 1. The Kier molecular flexibility index (Phi) is 2.11. The van der Waals surface area contributed by atoms with Crippen molar-refractivity contribution in [2.75, 3.05) is 17.2 Å². The first-order valence-electron chi connectivity index (χ1n) is 4.45. The highest BCUT2D eigenvalue weighted by Gasteiger charge is 2.26. The number of nitrogen functional groups attached to an aromatic ring is 1. The van der Waals surface area contributed by atoms with Crippen LogP contribution in [0.5, 0.6) is 0 Å². The SMILES string of the molecule is Cc1cc(N)c(Cl)cc1N1CCC1=O. The fraction of sp³-hybridized carbons (Fsp3) is 0.300. The maximum absolute atomic E-state index is 11.2. The van der Waals surface area contributed by atoms with E-state index >= 15 is 0 Å². The van der Waals surface area contributed by atoms with Gasteiger partial charge in [-0.1, -0.05) is 11.6 Å². The molecule has 74 valence electrons. The molecule has 0 spiro atoms. The molecule has 1 fully saturated rings. The van der Waals surface area contributed by atoms with Crippen LogP contribution in [0.3, 0.4) is 0 Å². The number of hydrogen-bond acceptors (Lipinski definition) is 2. The Balaban J connectivity index is 2.43. The van der Waals surface area contributed by atoms with Gasteiger partial charge in [0.25, 0.3) is 0 Å². The molecule has 1 aliphatic rings. The van der Waals surface area contributed by atoms with E-state index in [1.807, 2.05) is 6.92 Å². The van der Waals surface area contributed by atoms with Gasteiger partial charge >= 0.3 is 0 Å². The van der Waals surface area contributed by atoms with Gasteiger partial charge in [0.05, 0.1) is 10.7 Å². The van der Waals surface area contributed by atoms with Gasteiger partial charge in [0.15, 0.2) is 0 Å². The summed E-state index contributed by atoms with van der Waals surface area (Å²) in [5, 5.41) is 0.505. The molecule has 0 radical (unpaired) electrons. The maximum atomic E-state index is 11.2. The normalized spacial score (nSPS) is 15.6. The van der Waals surface area contributed by atoms with Crippen LogP contribution in [0, 0.1) is 6.92 Å². The molecule has 0 aromatic heterocycles. The lowest BCUT2D eigenvalue weighted by Crippen LogP contribution is -2.43. The molecule has 1 heterocycles. The number of amides is 1. The zero-order valence-electron chi connectivity index (χ0n) is 7.88. The molecular formula is C10H11ClN2O. The highest BCUT2D eigenvalue weighted by molar-refractivity contribution is 6.33. The van der Waals surface area contributed by atoms with Gasteiger partial charge < -0.3 is 10.6 Å². The fourth-order valence-corrected chi connectivity index (χ4v) is 1.71. The zero-order chi connectivity index (χ0) is 10.3. The molecule has 0 atom stereocenters. The molecule has 0 saturated carbocycles. The summed E-state index contributed by atoms with van der Waals surface area (Å²) in [4.78, 5) is 13.0. The molecule has 0 unspecified atom stereocenters. The van der Waals surface area contributed by atoms with Crippen LogP contribution in [0.4, 0.5) is 11.4 Å². The van der Waals surface area contributed by atoms with Crippen LogP contribution in [-0.2, 0) is 4.79 Å². The summed E-state index contributed by atoms with van der Waals surface area (Å²) >= 11 is 5.90. The van der Waals surface area contributed by atoms with E-state index in [-0.39, 0.29) is 5.91 Å². The molecule has 0 bridgehead atoms. The van der Waals surface area contributed by atoms with Crippen molar-refractivity contribution in [1.82, 2.24) is 0 Å². The van der Waals surface area contributed by atoms with E-state index in [1.54, 1.807) is 17.0 Å². The van der Waals surface area contributed by atoms with Crippen molar-refractivity contribution in [3.05, 3.63) is 22.7 Å². The average molecular weight is 211 g/mol. The molecule has 1 aliphatic heterocycles. The number of anilines is 2.